The van der Waals surface area contributed by atoms with Crippen molar-refractivity contribution >= 4 is 23.5 Å². The molecular weight excluding hydrogens is 368 g/mol. The second-order valence-electron chi connectivity index (χ2n) is 7.81. The van der Waals surface area contributed by atoms with E-state index in [9.17, 15) is 14.4 Å². The molecule has 6 heteroatoms. The van der Waals surface area contributed by atoms with Crippen molar-refractivity contribution in [1.82, 2.24) is 4.90 Å². The van der Waals surface area contributed by atoms with E-state index < -0.39 is 11.4 Å². The van der Waals surface area contributed by atoms with Crippen LogP contribution in [0.2, 0.25) is 0 Å². The maximum Gasteiger partial charge on any atom is 0.303 e. The smallest absolute Gasteiger partial charge is 0.303 e. The van der Waals surface area contributed by atoms with Crippen LogP contribution in [-0.4, -0.2) is 40.9 Å². The number of nitrogens with zero attached hydrogens (tertiary/aromatic N) is 1. The molecule has 2 amide bonds. The zero-order valence-corrected chi connectivity index (χ0v) is 16.6. The van der Waals surface area contributed by atoms with Gasteiger partial charge in [-0.15, -0.1) is 0 Å². The second kappa shape index (κ2) is 8.90. The van der Waals surface area contributed by atoms with Crippen LogP contribution in [0.15, 0.2) is 54.6 Å². The van der Waals surface area contributed by atoms with E-state index in [2.05, 4.69) is 5.32 Å². The molecule has 0 aromatic heterocycles. The quantitative estimate of drug-likeness (QED) is 0.784. The van der Waals surface area contributed by atoms with Crippen molar-refractivity contribution in [2.45, 2.75) is 32.6 Å². The van der Waals surface area contributed by atoms with Gasteiger partial charge in [0.25, 0.3) is 5.91 Å². The SMILES string of the molecule is CC1(C(=O)Nc2cccc(CCC(=O)O)c2)CCCN(C(=O)c2ccccc2)C1. The number of anilines is 1. The molecule has 1 saturated heterocycles. The van der Waals surface area contributed by atoms with Crippen LogP contribution in [0.3, 0.4) is 0 Å². The Morgan fingerprint density at radius 3 is 2.59 bits per heavy atom. The van der Waals surface area contributed by atoms with Crippen molar-refractivity contribution in [3.05, 3.63) is 65.7 Å². The number of carboxylic acid groups (broad SMARTS) is 1. The molecule has 2 aromatic carbocycles. The molecule has 3 rings (SSSR count). The lowest BCUT2D eigenvalue weighted by molar-refractivity contribution is -0.137. The summed E-state index contributed by atoms with van der Waals surface area (Å²) in [6.07, 6.45) is 1.93. The Hall–Kier alpha value is -3.15. The molecule has 0 radical (unpaired) electrons. The summed E-state index contributed by atoms with van der Waals surface area (Å²) in [6, 6.07) is 16.4. The van der Waals surface area contributed by atoms with Crippen LogP contribution < -0.4 is 5.32 Å². The Kier molecular flexibility index (Phi) is 6.32. The molecule has 6 nitrogen and oxygen atoms in total. The maximum absolute atomic E-state index is 13.0. The summed E-state index contributed by atoms with van der Waals surface area (Å²) in [5.74, 6) is -1.03. The first kappa shape index (κ1) is 20.6. The first-order chi connectivity index (χ1) is 13.9. The van der Waals surface area contributed by atoms with E-state index in [1.165, 1.54) is 0 Å². The summed E-state index contributed by atoms with van der Waals surface area (Å²) < 4.78 is 0. The standard InChI is InChI=1S/C23H26N2O4/c1-23(13-6-14-25(16-23)21(28)18-8-3-2-4-9-18)22(29)24-19-10-5-7-17(15-19)11-12-20(26)27/h2-5,7-10,15H,6,11-14,16H2,1H3,(H,24,29)(H,26,27). The summed E-state index contributed by atoms with van der Waals surface area (Å²) >= 11 is 0. The lowest BCUT2D eigenvalue weighted by atomic mass is 9.80. The number of rotatable bonds is 6. The molecule has 0 spiro atoms. The molecule has 0 saturated carbocycles. The highest BCUT2D eigenvalue weighted by Gasteiger charge is 2.39. The molecule has 1 unspecified atom stereocenters. The number of carbonyl (C=O) groups is 3. The van der Waals surface area contributed by atoms with Crippen LogP contribution in [0.25, 0.3) is 0 Å². The Bertz CT molecular complexity index is 897. The zero-order chi connectivity index (χ0) is 20.9. The number of carbonyl (C=O) groups excluding carboxylic acids is 2. The average molecular weight is 394 g/mol. The molecule has 2 N–H and O–H groups in total. The van der Waals surface area contributed by atoms with E-state index in [0.29, 0.717) is 37.2 Å². The summed E-state index contributed by atoms with van der Waals surface area (Å²) in [7, 11) is 0. The molecule has 1 atom stereocenters. The minimum atomic E-state index is -0.850. The monoisotopic (exact) mass is 394 g/mol. The fraction of sp³-hybridized carbons (Fsp3) is 0.348. The fourth-order valence-electron chi connectivity index (χ4n) is 3.70. The highest BCUT2D eigenvalue weighted by molar-refractivity contribution is 5.97. The van der Waals surface area contributed by atoms with Crippen LogP contribution in [-0.2, 0) is 16.0 Å². The molecule has 1 aliphatic heterocycles. The Balaban J connectivity index is 1.67. The third kappa shape index (κ3) is 5.22. The van der Waals surface area contributed by atoms with Gasteiger partial charge in [-0.05, 0) is 56.0 Å². The molecule has 0 bridgehead atoms. The third-order valence-electron chi connectivity index (χ3n) is 5.36. The molecule has 0 aliphatic carbocycles. The Labute approximate surface area is 170 Å². The summed E-state index contributed by atoms with van der Waals surface area (Å²) in [5.41, 5.74) is 1.45. The number of nitrogens with one attached hydrogen (secondary N) is 1. The molecule has 152 valence electrons. The first-order valence-corrected chi connectivity index (χ1v) is 9.84. The number of aliphatic carboxylic acids is 1. The molecule has 1 fully saturated rings. The summed E-state index contributed by atoms with van der Waals surface area (Å²) in [5, 5.41) is 11.8. The van der Waals surface area contributed by atoms with E-state index in [0.717, 1.165) is 12.0 Å². The molecule has 1 heterocycles. The highest BCUT2D eigenvalue weighted by atomic mass is 16.4. The van der Waals surface area contributed by atoms with Crippen molar-refractivity contribution in [1.29, 1.82) is 0 Å². The van der Waals surface area contributed by atoms with Gasteiger partial charge in [0.05, 0.1) is 5.41 Å². The largest absolute Gasteiger partial charge is 0.481 e. The molecule has 1 aliphatic rings. The van der Waals surface area contributed by atoms with Crippen LogP contribution >= 0.6 is 0 Å². The lowest BCUT2D eigenvalue weighted by Gasteiger charge is -2.39. The number of piperidine rings is 1. The summed E-state index contributed by atoms with van der Waals surface area (Å²) in [4.78, 5) is 38.3. The summed E-state index contributed by atoms with van der Waals surface area (Å²) in [6.45, 7) is 2.90. The number of benzene rings is 2. The van der Waals surface area contributed by atoms with Gasteiger partial charge in [-0.25, -0.2) is 0 Å². The van der Waals surface area contributed by atoms with Crippen LogP contribution in [0.5, 0.6) is 0 Å². The average Bonchev–Trinajstić information content (AvgIpc) is 2.72. The maximum atomic E-state index is 13.0. The molecular formula is C23H26N2O4. The first-order valence-electron chi connectivity index (χ1n) is 9.84. The normalized spacial score (nSPS) is 18.9. The van der Waals surface area contributed by atoms with E-state index in [-0.39, 0.29) is 18.2 Å². The Morgan fingerprint density at radius 2 is 1.86 bits per heavy atom. The van der Waals surface area contributed by atoms with Gasteiger partial charge in [0.1, 0.15) is 0 Å². The topological polar surface area (TPSA) is 86.7 Å². The van der Waals surface area contributed by atoms with Gasteiger partial charge >= 0.3 is 5.97 Å². The van der Waals surface area contributed by atoms with Crippen molar-refractivity contribution in [2.75, 3.05) is 18.4 Å². The van der Waals surface area contributed by atoms with Gasteiger partial charge in [-0.1, -0.05) is 30.3 Å². The Morgan fingerprint density at radius 1 is 1.10 bits per heavy atom. The van der Waals surface area contributed by atoms with E-state index in [1.807, 2.05) is 31.2 Å². The predicted octanol–water partition coefficient (Wildman–Crippen LogP) is 3.58. The minimum absolute atomic E-state index is 0.0473. The number of aryl methyl sites for hydroxylation is 1. The van der Waals surface area contributed by atoms with Gasteiger partial charge in [0, 0.05) is 30.8 Å². The van der Waals surface area contributed by atoms with Crippen molar-refractivity contribution < 1.29 is 19.5 Å². The van der Waals surface area contributed by atoms with Crippen molar-refractivity contribution in [3.63, 3.8) is 0 Å². The van der Waals surface area contributed by atoms with Crippen LogP contribution in [0.4, 0.5) is 5.69 Å². The van der Waals surface area contributed by atoms with E-state index >= 15 is 0 Å². The number of hydrogen-bond donors (Lipinski definition) is 2. The zero-order valence-electron chi connectivity index (χ0n) is 16.6. The second-order valence-corrected chi connectivity index (χ2v) is 7.81. The van der Waals surface area contributed by atoms with Crippen LogP contribution in [0, 0.1) is 5.41 Å². The van der Waals surface area contributed by atoms with Gasteiger partial charge < -0.3 is 15.3 Å². The number of amides is 2. The van der Waals surface area contributed by atoms with E-state index in [1.54, 1.807) is 35.2 Å². The van der Waals surface area contributed by atoms with Crippen molar-refractivity contribution in [2.24, 2.45) is 5.41 Å². The van der Waals surface area contributed by atoms with Crippen molar-refractivity contribution in [3.8, 4) is 0 Å². The number of carboxylic acids is 1. The number of hydrogen-bond acceptors (Lipinski definition) is 3. The number of likely N-dealkylation sites (tertiary alicyclic amines) is 1. The van der Waals surface area contributed by atoms with Gasteiger partial charge in [0.15, 0.2) is 0 Å². The molecule has 29 heavy (non-hydrogen) atoms. The van der Waals surface area contributed by atoms with Gasteiger partial charge in [-0.3, -0.25) is 14.4 Å². The fourth-order valence-corrected chi connectivity index (χ4v) is 3.70. The highest BCUT2D eigenvalue weighted by Crippen LogP contribution is 2.32. The minimum Gasteiger partial charge on any atom is -0.481 e. The van der Waals surface area contributed by atoms with Crippen LogP contribution in [0.1, 0.15) is 42.1 Å². The van der Waals surface area contributed by atoms with Gasteiger partial charge in [0.2, 0.25) is 5.91 Å². The third-order valence-corrected chi connectivity index (χ3v) is 5.36. The lowest BCUT2D eigenvalue weighted by Crippen LogP contribution is -2.50. The molecule has 2 aromatic rings. The predicted molar refractivity (Wildman–Crippen MR) is 111 cm³/mol. The van der Waals surface area contributed by atoms with Gasteiger partial charge in [-0.2, -0.15) is 0 Å². The van der Waals surface area contributed by atoms with E-state index in [4.69, 9.17) is 5.11 Å².